The van der Waals surface area contributed by atoms with E-state index in [1.54, 1.807) is 49.0 Å². The predicted octanol–water partition coefficient (Wildman–Crippen LogP) is 3.94. The van der Waals surface area contributed by atoms with Crippen LogP contribution >= 0.6 is 23.1 Å². The molecule has 8 heteroatoms. The van der Waals surface area contributed by atoms with Crippen LogP contribution in [0.1, 0.15) is 20.8 Å². The van der Waals surface area contributed by atoms with Gasteiger partial charge in [0.2, 0.25) is 0 Å². The van der Waals surface area contributed by atoms with E-state index in [0.29, 0.717) is 10.7 Å². The van der Waals surface area contributed by atoms with Crippen LogP contribution in [0, 0.1) is 13.8 Å². The van der Waals surface area contributed by atoms with Gasteiger partial charge in [-0.05, 0) is 43.7 Å². The standard InChI is InChI=1S/C18H16N4O2S2/c1-10-11(2)26-17-15(10)16-20-21-18(22(16)9-19-17)25-8-14(23)12-4-6-13(24-3)7-5-12/h4-7,9H,8H2,1-3H3. The molecule has 0 aliphatic carbocycles. The van der Waals surface area contributed by atoms with Crippen LogP contribution < -0.4 is 4.74 Å². The number of aromatic nitrogens is 4. The Morgan fingerprint density at radius 2 is 2.00 bits per heavy atom. The van der Waals surface area contributed by atoms with E-state index < -0.39 is 0 Å². The third-order valence-electron chi connectivity index (χ3n) is 4.29. The van der Waals surface area contributed by atoms with Gasteiger partial charge in [-0.2, -0.15) is 0 Å². The number of fused-ring (bicyclic) bond motifs is 3. The SMILES string of the molecule is COc1ccc(C(=O)CSc2nnc3c4c(C)c(C)sc4ncn23)cc1. The number of hydrogen-bond donors (Lipinski definition) is 0. The van der Waals surface area contributed by atoms with Crippen molar-refractivity contribution in [2.45, 2.75) is 19.0 Å². The van der Waals surface area contributed by atoms with E-state index >= 15 is 0 Å². The summed E-state index contributed by atoms with van der Waals surface area (Å²) in [5.74, 6) is 1.05. The van der Waals surface area contributed by atoms with Gasteiger partial charge in [0, 0.05) is 10.4 Å². The van der Waals surface area contributed by atoms with Gasteiger partial charge in [-0.1, -0.05) is 11.8 Å². The fourth-order valence-electron chi connectivity index (χ4n) is 2.71. The number of carbonyl (C=O) groups excluding carboxylic acids is 1. The third kappa shape index (κ3) is 2.85. The lowest BCUT2D eigenvalue weighted by Gasteiger charge is -2.03. The molecule has 0 unspecified atom stereocenters. The summed E-state index contributed by atoms with van der Waals surface area (Å²) in [7, 11) is 1.60. The fraction of sp³-hybridized carbons (Fsp3) is 0.222. The number of rotatable bonds is 5. The highest BCUT2D eigenvalue weighted by molar-refractivity contribution is 7.99. The van der Waals surface area contributed by atoms with Crippen molar-refractivity contribution in [3.05, 3.63) is 46.6 Å². The van der Waals surface area contributed by atoms with Gasteiger partial charge in [0.15, 0.2) is 16.6 Å². The van der Waals surface area contributed by atoms with Gasteiger partial charge >= 0.3 is 0 Å². The molecule has 6 nitrogen and oxygen atoms in total. The Balaban J connectivity index is 1.59. The molecule has 0 saturated carbocycles. The predicted molar refractivity (Wildman–Crippen MR) is 104 cm³/mol. The van der Waals surface area contributed by atoms with E-state index in [2.05, 4.69) is 29.0 Å². The monoisotopic (exact) mass is 384 g/mol. The molecular formula is C18H16N4O2S2. The molecule has 0 aliphatic rings. The van der Waals surface area contributed by atoms with Crippen molar-refractivity contribution in [1.82, 2.24) is 19.6 Å². The number of methoxy groups -OCH3 is 1. The van der Waals surface area contributed by atoms with Crippen molar-refractivity contribution in [3.8, 4) is 5.75 Å². The number of benzene rings is 1. The maximum atomic E-state index is 12.4. The van der Waals surface area contributed by atoms with Gasteiger partial charge in [0.1, 0.15) is 16.9 Å². The molecule has 4 aromatic rings. The lowest BCUT2D eigenvalue weighted by atomic mass is 10.1. The second-order valence-electron chi connectivity index (χ2n) is 5.82. The molecule has 0 spiro atoms. The number of thioether (sulfide) groups is 1. The van der Waals surface area contributed by atoms with Crippen LogP contribution in [0.4, 0.5) is 0 Å². The first-order chi connectivity index (χ1) is 12.6. The molecule has 1 aromatic carbocycles. The minimum atomic E-state index is 0.0333. The first-order valence-electron chi connectivity index (χ1n) is 7.98. The van der Waals surface area contributed by atoms with Crippen LogP contribution in [0.5, 0.6) is 5.75 Å². The molecule has 132 valence electrons. The van der Waals surface area contributed by atoms with Crippen LogP contribution in [-0.4, -0.2) is 38.2 Å². The lowest BCUT2D eigenvalue weighted by Crippen LogP contribution is -2.03. The third-order valence-corrected chi connectivity index (χ3v) is 6.35. The van der Waals surface area contributed by atoms with E-state index in [1.165, 1.54) is 22.2 Å². The lowest BCUT2D eigenvalue weighted by molar-refractivity contribution is 0.102. The van der Waals surface area contributed by atoms with E-state index in [0.717, 1.165) is 21.6 Å². The quantitative estimate of drug-likeness (QED) is 0.383. The highest BCUT2D eigenvalue weighted by atomic mass is 32.2. The number of ether oxygens (including phenoxy) is 1. The molecule has 26 heavy (non-hydrogen) atoms. The largest absolute Gasteiger partial charge is 0.497 e. The average molecular weight is 384 g/mol. The van der Waals surface area contributed by atoms with E-state index in [9.17, 15) is 4.79 Å². The smallest absolute Gasteiger partial charge is 0.197 e. The van der Waals surface area contributed by atoms with Gasteiger partial charge in [0.05, 0.1) is 18.2 Å². The molecule has 0 radical (unpaired) electrons. The summed E-state index contributed by atoms with van der Waals surface area (Å²) in [5.41, 5.74) is 2.62. The highest BCUT2D eigenvalue weighted by Crippen LogP contribution is 2.32. The molecule has 0 fully saturated rings. The Hall–Kier alpha value is -2.45. The summed E-state index contributed by atoms with van der Waals surface area (Å²) in [6.07, 6.45) is 1.73. The second-order valence-corrected chi connectivity index (χ2v) is 7.97. The molecule has 0 saturated heterocycles. The van der Waals surface area contributed by atoms with Crippen LogP contribution in [0.15, 0.2) is 35.7 Å². The number of ketones is 1. The average Bonchev–Trinajstić information content (AvgIpc) is 3.20. The van der Waals surface area contributed by atoms with E-state index in [1.807, 2.05) is 4.40 Å². The summed E-state index contributed by atoms with van der Waals surface area (Å²) < 4.78 is 6.97. The van der Waals surface area contributed by atoms with Gasteiger partial charge < -0.3 is 4.74 Å². The molecule has 0 bridgehead atoms. The molecule has 3 heterocycles. The van der Waals surface area contributed by atoms with Gasteiger partial charge in [0.25, 0.3) is 0 Å². The number of nitrogens with zero attached hydrogens (tertiary/aromatic N) is 4. The van der Waals surface area contributed by atoms with Crippen molar-refractivity contribution in [1.29, 1.82) is 0 Å². The number of thiophene rings is 1. The first kappa shape index (κ1) is 17.0. The number of carbonyl (C=O) groups is 1. The topological polar surface area (TPSA) is 69.4 Å². The van der Waals surface area contributed by atoms with Gasteiger partial charge in [-0.15, -0.1) is 21.5 Å². The Morgan fingerprint density at radius 1 is 1.23 bits per heavy atom. The molecule has 0 N–H and O–H groups in total. The van der Waals surface area contributed by atoms with Crippen LogP contribution in [0.2, 0.25) is 0 Å². The number of aryl methyl sites for hydroxylation is 2. The summed E-state index contributed by atoms with van der Waals surface area (Å²) >= 11 is 3.02. The van der Waals surface area contributed by atoms with Crippen LogP contribution in [-0.2, 0) is 0 Å². The number of Topliss-reactive ketones (excluding diaryl/α,β-unsaturated/α-hetero) is 1. The van der Waals surface area contributed by atoms with Gasteiger partial charge in [-0.25, -0.2) is 4.98 Å². The first-order valence-corrected chi connectivity index (χ1v) is 9.78. The Bertz CT molecular complexity index is 1120. The van der Waals surface area contributed by atoms with E-state index in [4.69, 9.17) is 4.74 Å². The fourth-order valence-corrected chi connectivity index (χ4v) is 4.50. The summed E-state index contributed by atoms with van der Waals surface area (Å²) in [5, 5.41) is 10.3. The summed E-state index contributed by atoms with van der Waals surface area (Å²) in [6, 6.07) is 7.11. The molecule has 3 aromatic heterocycles. The van der Waals surface area contributed by atoms with Crippen molar-refractivity contribution in [2.75, 3.05) is 12.9 Å². The summed E-state index contributed by atoms with van der Waals surface area (Å²) in [4.78, 5) is 19.1. The van der Waals surface area contributed by atoms with Gasteiger partial charge in [-0.3, -0.25) is 9.20 Å². The van der Waals surface area contributed by atoms with Crippen molar-refractivity contribution >= 4 is 44.7 Å². The van der Waals surface area contributed by atoms with Crippen LogP contribution in [0.3, 0.4) is 0 Å². The van der Waals surface area contributed by atoms with E-state index in [-0.39, 0.29) is 11.5 Å². The second kappa shape index (κ2) is 6.69. The van der Waals surface area contributed by atoms with Crippen LogP contribution in [0.25, 0.3) is 15.9 Å². The molecule has 0 amide bonds. The van der Waals surface area contributed by atoms with Crippen molar-refractivity contribution in [3.63, 3.8) is 0 Å². The zero-order valence-electron chi connectivity index (χ0n) is 14.5. The number of hydrogen-bond acceptors (Lipinski definition) is 7. The minimum Gasteiger partial charge on any atom is -0.497 e. The minimum absolute atomic E-state index is 0.0333. The Labute approximate surface area is 158 Å². The maximum Gasteiger partial charge on any atom is 0.197 e. The molecular weight excluding hydrogens is 368 g/mol. The maximum absolute atomic E-state index is 12.4. The summed E-state index contributed by atoms with van der Waals surface area (Å²) in [6.45, 7) is 4.16. The van der Waals surface area contributed by atoms with Crippen molar-refractivity contribution in [2.24, 2.45) is 0 Å². The Kier molecular flexibility index (Phi) is 4.37. The Morgan fingerprint density at radius 3 is 2.73 bits per heavy atom. The zero-order chi connectivity index (χ0) is 18.3. The normalized spacial score (nSPS) is 11.3. The molecule has 0 aliphatic heterocycles. The van der Waals surface area contributed by atoms with Crippen molar-refractivity contribution < 1.29 is 9.53 Å². The molecule has 0 atom stereocenters. The molecule has 4 rings (SSSR count). The zero-order valence-corrected chi connectivity index (χ0v) is 16.1. The highest BCUT2D eigenvalue weighted by Gasteiger charge is 2.16.